The van der Waals surface area contributed by atoms with Gasteiger partial charge in [0.2, 0.25) is 5.79 Å². The maximum Gasteiger partial charge on any atom is 0.343 e. The van der Waals surface area contributed by atoms with Gasteiger partial charge in [-0.1, -0.05) is 0 Å². The van der Waals surface area contributed by atoms with Crippen LogP contribution in [0.1, 0.15) is 60.2 Å². The third kappa shape index (κ3) is 2.53. The van der Waals surface area contributed by atoms with Crippen LogP contribution >= 0.6 is 0 Å². The molecule has 0 unspecified atom stereocenters. The number of carbonyl (C=O) groups excluding carboxylic acids is 2. The number of phenolic OH excluding ortho intramolecular Hbond substituents is 1. The van der Waals surface area contributed by atoms with E-state index in [1.165, 1.54) is 0 Å². The molecule has 5 atom stereocenters. The quantitative estimate of drug-likeness (QED) is 0.722. The molecule has 1 N–H and O–H groups in total. The summed E-state index contributed by atoms with van der Waals surface area (Å²) >= 11 is 0. The number of hydrogen-bond acceptors (Lipinski definition) is 8. The highest BCUT2D eigenvalue weighted by Gasteiger charge is 2.61. The Morgan fingerprint density at radius 3 is 2.75 bits per heavy atom. The number of fused-ring (bicyclic) bond motifs is 2. The number of rotatable bonds is 3. The third-order valence-electron chi connectivity index (χ3n) is 7.17. The van der Waals surface area contributed by atoms with E-state index in [0.717, 1.165) is 16.5 Å². The number of aryl methyl sites for hydroxylation is 1. The molecule has 8 heteroatoms. The molecule has 2 aromatic carbocycles. The molecule has 0 spiro atoms. The van der Waals surface area contributed by atoms with Crippen molar-refractivity contribution in [1.82, 2.24) is 0 Å². The number of ether oxygens (including phenoxy) is 5. The maximum absolute atomic E-state index is 13.1. The Morgan fingerprint density at radius 2 is 2.03 bits per heavy atom. The number of hydrogen-bond donors (Lipinski definition) is 1. The van der Waals surface area contributed by atoms with Crippen LogP contribution in [-0.4, -0.2) is 42.1 Å². The Balaban J connectivity index is 1.58. The molecule has 0 aromatic heterocycles. The Bertz CT molecular complexity index is 1190. The number of methoxy groups -OCH3 is 1. The average molecular weight is 440 g/mol. The first kappa shape index (κ1) is 19.7. The lowest BCUT2D eigenvalue weighted by Crippen LogP contribution is -2.51. The predicted molar refractivity (Wildman–Crippen MR) is 111 cm³/mol. The summed E-state index contributed by atoms with van der Waals surface area (Å²) in [6.45, 7) is 3.82. The molecule has 2 saturated heterocycles. The fraction of sp³-hybridized carbons (Fsp3) is 0.500. The van der Waals surface area contributed by atoms with Gasteiger partial charge in [0, 0.05) is 28.8 Å². The van der Waals surface area contributed by atoms with Crippen LogP contribution in [0.4, 0.5) is 0 Å². The highest BCUT2D eigenvalue weighted by atomic mass is 16.7. The lowest BCUT2D eigenvalue weighted by atomic mass is 9.77. The molecule has 4 aliphatic heterocycles. The van der Waals surface area contributed by atoms with Gasteiger partial charge in [-0.2, -0.15) is 0 Å². The normalized spacial score (nSPS) is 32.3. The van der Waals surface area contributed by atoms with Crippen molar-refractivity contribution in [1.29, 1.82) is 0 Å². The van der Waals surface area contributed by atoms with E-state index in [1.54, 1.807) is 19.2 Å². The van der Waals surface area contributed by atoms with Gasteiger partial charge in [-0.3, -0.25) is 4.79 Å². The van der Waals surface area contributed by atoms with E-state index in [9.17, 15) is 14.7 Å². The van der Waals surface area contributed by atoms with Crippen LogP contribution in [0.15, 0.2) is 12.1 Å². The van der Waals surface area contributed by atoms with E-state index in [4.69, 9.17) is 23.7 Å². The number of esters is 2. The molecular weight excluding hydrogens is 416 g/mol. The van der Waals surface area contributed by atoms with Crippen molar-refractivity contribution in [2.75, 3.05) is 7.11 Å². The van der Waals surface area contributed by atoms with Gasteiger partial charge in [0.25, 0.3) is 0 Å². The minimum atomic E-state index is -1.09. The molecule has 0 radical (unpaired) electrons. The Hall–Kier alpha value is -3.00. The summed E-state index contributed by atoms with van der Waals surface area (Å²) in [5.74, 6) is -1.26. The van der Waals surface area contributed by atoms with Gasteiger partial charge >= 0.3 is 11.9 Å². The molecule has 2 fully saturated rings. The summed E-state index contributed by atoms with van der Waals surface area (Å²) in [4.78, 5) is 24.8. The lowest BCUT2D eigenvalue weighted by Gasteiger charge is -2.45. The smallest absolute Gasteiger partial charge is 0.343 e. The van der Waals surface area contributed by atoms with Crippen LogP contribution in [0.25, 0.3) is 10.8 Å². The second-order valence-electron chi connectivity index (χ2n) is 9.19. The molecule has 0 saturated carbocycles. The van der Waals surface area contributed by atoms with Gasteiger partial charge in [-0.05, 0) is 38.3 Å². The fourth-order valence-electron chi connectivity index (χ4n) is 5.97. The summed E-state index contributed by atoms with van der Waals surface area (Å²) in [5.41, 5.74) is 1.65. The fourth-order valence-corrected chi connectivity index (χ4v) is 5.97. The second kappa shape index (κ2) is 6.51. The Kier molecular flexibility index (Phi) is 4.00. The average Bonchev–Trinajstić information content (AvgIpc) is 3.28. The van der Waals surface area contributed by atoms with E-state index in [-0.39, 0.29) is 35.4 Å². The standard InChI is InChI=1S/C24H24O8/c1-10-6-14(25)19-21-18(10)15(28-3)8-16-20(21)22(30-23(19)27)13-7-11(2)31-24(13,32-16)9-12-4-5-17(26)29-12/h6,8,11-13,22,25H,4-5,7,9H2,1-3H3/t11-,12-,13-,22+,24+/m1/s1. The maximum atomic E-state index is 13.1. The van der Waals surface area contributed by atoms with Crippen LogP contribution in [0.2, 0.25) is 0 Å². The van der Waals surface area contributed by atoms with Crippen molar-refractivity contribution in [3.05, 3.63) is 28.8 Å². The summed E-state index contributed by atoms with van der Waals surface area (Å²) in [5, 5.41) is 12.0. The molecule has 168 valence electrons. The molecule has 8 nitrogen and oxygen atoms in total. The number of carbonyl (C=O) groups is 2. The van der Waals surface area contributed by atoms with Crippen molar-refractivity contribution in [3.8, 4) is 17.2 Å². The van der Waals surface area contributed by atoms with Gasteiger partial charge in [0.05, 0.1) is 25.6 Å². The predicted octanol–water partition coefficient (Wildman–Crippen LogP) is 3.68. The zero-order valence-corrected chi connectivity index (χ0v) is 18.1. The zero-order chi connectivity index (χ0) is 22.4. The van der Waals surface area contributed by atoms with Crippen LogP contribution < -0.4 is 9.47 Å². The molecule has 0 aliphatic carbocycles. The first-order chi connectivity index (χ1) is 15.3. The number of cyclic esters (lactones) is 1. The van der Waals surface area contributed by atoms with Crippen LogP contribution in [0.3, 0.4) is 0 Å². The van der Waals surface area contributed by atoms with Crippen molar-refractivity contribution in [3.63, 3.8) is 0 Å². The van der Waals surface area contributed by atoms with E-state index in [0.29, 0.717) is 42.6 Å². The Morgan fingerprint density at radius 1 is 1.22 bits per heavy atom. The number of aromatic hydroxyl groups is 1. The van der Waals surface area contributed by atoms with E-state index in [1.807, 2.05) is 13.8 Å². The molecule has 2 aromatic rings. The van der Waals surface area contributed by atoms with Crippen LogP contribution in [0.5, 0.6) is 17.2 Å². The van der Waals surface area contributed by atoms with Gasteiger partial charge in [0.1, 0.15) is 35.0 Å². The second-order valence-corrected chi connectivity index (χ2v) is 9.19. The summed E-state index contributed by atoms with van der Waals surface area (Å²) in [6.07, 6.45) is 0.901. The Labute approximate surface area is 184 Å². The minimum absolute atomic E-state index is 0.125. The monoisotopic (exact) mass is 440 g/mol. The highest BCUT2D eigenvalue weighted by Crippen LogP contribution is 2.60. The first-order valence-corrected chi connectivity index (χ1v) is 11.0. The van der Waals surface area contributed by atoms with Crippen molar-refractivity contribution < 1.29 is 38.4 Å². The van der Waals surface area contributed by atoms with Gasteiger partial charge < -0.3 is 28.8 Å². The first-order valence-electron chi connectivity index (χ1n) is 11.0. The molecule has 32 heavy (non-hydrogen) atoms. The summed E-state index contributed by atoms with van der Waals surface area (Å²) < 4.78 is 30.0. The summed E-state index contributed by atoms with van der Waals surface area (Å²) in [6, 6.07) is 3.35. The SMILES string of the molecule is COc1cc2c3c4c(c(O)cc(C)c14)C(=O)O[C@H]3[C@H]1C[C@@H](C)O[C@@]1(C[C@H]1CCC(=O)O1)O2. The van der Waals surface area contributed by atoms with Crippen molar-refractivity contribution in [2.24, 2.45) is 5.92 Å². The molecule has 4 heterocycles. The van der Waals surface area contributed by atoms with Crippen molar-refractivity contribution >= 4 is 22.7 Å². The van der Waals surface area contributed by atoms with Crippen LogP contribution in [-0.2, 0) is 19.0 Å². The van der Waals surface area contributed by atoms with Crippen LogP contribution in [0, 0.1) is 12.8 Å². The van der Waals surface area contributed by atoms with E-state index >= 15 is 0 Å². The molecule has 0 bridgehead atoms. The molecule has 4 aliphatic rings. The highest BCUT2D eigenvalue weighted by molar-refractivity contribution is 6.13. The van der Waals surface area contributed by atoms with Gasteiger partial charge in [-0.15, -0.1) is 0 Å². The minimum Gasteiger partial charge on any atom is -0.507 e. The third-order valence-corrected chi connectivity index (χ3v) is 7.17. The van der Waals surface area contributed by atoms with Gasteiger partial charge in [-0.25, -0.2) is 4.79 Å². The molecule has 0 amide bonds. The largest absolute Gasteiger partial charge is 0.507 e. The van der Waals surface area contributed by atoms with Crippen molar-refractivity contribution in [2.45, 2.75) is 63.6 Å². The number of phenols is 1. The number of benzene rings is 2. The lowest BCUT2D eigenvalue weighted by molar-refractivity contribution is -0.229. The zero-order valence-electron chi connectivity index (χ0n) is 18.1. The summed E-state index contributed by atoms with van der Waals surface area (Å²) in [7, 11) is 1.56. The van der Waals surface area contributed by atoms with E-state index < -0.39 is 17.9 Å². The van der Waals surface area contributed by atoms with E-state index in [2.05, 4.69) is 0 Å². The topological polar surface area (TPSA) is 101 Å². The van der Waals surface area contributed by atoms with Gasteiger partial charge in [0.15, 0.2) is 0 Å². The molecule has 6 rings (SSSR count). The molecular formula is C24H24O8.